The number of hydrogen-bond acceptors (Lipinski definition) is 4. The van der Waals surface area contributed by atoms with E-state index in [2.05, 4.69) is 33.9 Å². The third-order valence-electron chi connectivity index (χ3n) is 4.53. The van der Waals surface area contributed by atoms with Gasteiger partial charge in [0.1, 0.15) is 0 Å². The molecule has 0 N–H and O–H groups in total. The Morgan fingerprint density at radius 3 is 2.57 bits per heavy atom. The number of thioether (sulfide) groups is 1. The predicted molar refractivity (Wildman–Crippen MR) is 91.0 cm³/mol. The summed E-state index contributed by atoms with van der Waals surface area (Å²) in [4.78, 5) is 24.9. The largest absolute Gasteiger partial charge is 0.415 e. The molecule has 122 valence electrons. The second kappa shape index (κ2) is 7.29. The van der Waals surface area contributed by atoms with Crippen molar-refractivity contribution >= 4 is 31.1 Å². The van der Waals surface area contributed by atoms with Crippen LogP contribution in [0.1, 0.15) is 40.5 Å². The van der Waals surface area contributed by atoms with Gasteiger partial charge in [-0.1, -0.05) is 32.5 Å². The second-order valence-electron chi connectivity index (χ2n) is 7.19. The first-order valence-corrected chi connectivity index (χ1v) is 11.5. The smallest absolute Gasteiger partial charge is 0.223 e. The Bertz CT molecular complexity index is 393. The van der Waals surface area contributed by atoms with E-state index in [9.17, 15) is 9.59 Å². The van der Waals surface area contributed by atoms with Gasteiger partial charge in [-0.25, -0.2) is 0 Å². The van der Waals surface area contributed by atoms with Gasteiger partial charge in [0, 0.05) is 25.6 Å². The predicted octanol–water partition coefficient (Wildman–Crippen LogP) is 3.28. The van der Waals surface area contributed by atoms with Crippen molar-refractivity contribution in [1.29, 1.82) is 0 Å². The molecule has 0 aromatic heterocycles. The van der Waals surface area contributed by atoms with Crippen molar-refractivity contribution < 1.29 is 14.0 Å². The van der Waals surface area contributed by atoms with Crippen LogP contribution in [0, 0.1) is 0 Å². The molecule has 1 heterocycles. The maximum atomic E-state index is 12.0. The molecule has 0 saturated carbocycles. The van der Waals surface area contributed by atoms with Crippen molar-refractivity contribution in [3.05, 3.63) is 0 Å². The highest BCUT2D eigenvalue weighted by Gasteiger charge is 2.39. The lowest BCUT2D eigenvalue weighted by molar-refractivity contribution is -0.129. The van der Waals surface area contributed by atoms with E-state index in [1.165, 1.54) is 11.8 Å². The Labute approximate surface area is 134 Å². The summed E-state index contributed by atoms with van der Waals surface area (Å²) in [5, 5.41) is 0.293. The zero-order chi connectivity index (χ0) is 16.3. The molecule has 0 aromatic rings. The maximum Gasteiger partial charge on any atom is 0.223 e. The lowest BCUT2D eigenvalue weighted by Gasteiger charge is -2.38. The van der Waals surface area contributed by atoms with Crippen LogP contribution in [0.25, 0.3) is 0 Å². The second-order valence-corrected chi connectivity index (χ2v) is 13.3. The maximum absolute atomic E-state index is 12.0. The minimum atomic E-state index is -1.77. The van der Waals surface area contributed by atoms with E-state index in [0.717, 1.165) is 6.42 Å². The van der Waals surface area contributed by atoms with Crippen LogP contribution in [-0.2, 0) is 14.0 Å². The third-order valence-corrected chi connectivity index (χ3v) is 9.83. The van der Waals surface area contributed by atoms with Crippen LogP contribution in [0.2, 0.25) is 18.1 Å². The van der Waals surface area contributed by atoms with Gasteiger partial charge in [0.25, 0.3) is 0 Å². The fourth-order valence-electron chi connectivity index (χ4n) is 2.08. The molecular weight excluding hydrogens is 302 g/mol. The SMILES string of the molecule is CC(=O)SCCN1C(=O)CC[C@@H]1CO[Si](C)(C)C(C)(C)C. The third kappa shape index (κ3) is 5.42. The fraction of sp³-hybridized carbons (Fsp3) is 0.867. The molecule has 0 bridgehead atoms. The van der Waals surface area contributed by atoms with Crippen LogP contribution < -0.4 is 0 Å². The van der Waals surface area contributed by atoms with Crippen molar-refractivity contribution in [3.63, 3.8) is 0 Å². The number of carbonyl (C=O) groups excluding carboxylic acids is 2. The number of rotatable bonds is 6. The monoisotopic (exact) mass is 331 g/mol. The van der Waals surface area contributed by atoms with E-state index in [0.29, 0.717) is 25.3 Å². The molecule has 6 heteroatoms. The highest BCUT2D eigenvalue weighted by Crippen LogP contribution is 2.37. The number of nitrogens with zero attached hydrogens (tertiary/aromatic N) is 1. The normalized spacial score (nSPS) is 20.2. The van der Waals surface area contributed by atoms with E-state index in [1.54, 1.807) is 6.92 Å². The van der Waals surface area contributed by atoms with Gasteiger partial charge in [-0.3, -0.25) is 9.59 Å². The molecule has 1 atom stereocenters. The van der Waals surface area contributed by atoms with E-state index < -0.39 is 8.32 Å². The standard InChI is InChI=1S/C15H29NO3SSi/c1-12(17)20-10-9-16-13(7-8-14(16)18)11-19-21(5,6)15(2,3)4/h13H,7-11H2,1-6H3/t13-/m1/s1. The number of amides is 1. The molecule has 1 saturated heterocycles. The van der Waals surface area contributed by atoms with Crippen molar-refractivity contribution in [3.8, 4) is 0 Å². The summed E-state index contributed by atoms with van der Waals surface area (Å²) in [5.74, 6) is 0.875. The van der Waals surface area contributed by atoms with Crippen LogP contribution in [0.15, 0.2) is 0 Å². The lowest BCUT2D eigenvalue weighted by atomic mass is 10.2. The van der Waals surface area contributed by atoms with Gasteiger partial charge in [0.05, 0.1) is 12.6 Å². The summed E-state index contributed by atoms with van der Waals surface area (Å²) in [6.45, 7) is 14.0. The average Bonchev–Trinajstić information content (AvgIpc) is 2.67. The quantitative estimate of drug-likeness (QED) is 0.701. The van der Waals surface area contributed by atoms with Gasteiger partial charge in [-0.15, -0.1) is 0 Å². The molecule has 21 heavy (non-hydrogen) atoms. The first-order valence-electron chi connectivity index (χ1n) is 7.61. The number of likely N-dealkylation sites (tertiary alicyclic amines) is 1. The van der Waals surface area contributed by atoms with Crippen LogP contribution >= 0.6 is 11.8 Å². The molecule has 1 rings (SSSR count). The first-order chi connectivity index (χ1) is 9.54. The Morgan fingerprint density at radius 2 is 2.05 bits per heavy atom. The Balaban J connectivity index is 2.53. The summed E-state index contributed by atoms with van der Waals surface area (Å²) in [5.41, 5.74) is 0. The first kappa shape index (κ1) is 18.7. The van der Waals surface area contributed by atoms with Crippen LogP contribution in [0.5, 0.6) is 0 Å². The van der Waals surface area contributed by atoms with Crippen molar-refractivity contribution in [1.82, 2.24) is 4.90 Å². The number of hydrogen-bond donors (Lipinski definition) is 0. The van der Waals surface area contributed by atoms with E-state index in [4.69, 9.17) is 4.43 Å². The number of carbonyl (C=O) groups is 2. The van der Waals surface area contributed by atoms with Crippen molar-refractivity contribution in [2.45, 2.75) is 64.7 Å². The highest BCUT2D eigenvalue weighted by molar-refractivity contribution is 8.13. The zero-order valence-electron chi connectivity index (χ0n) is 14.2. The molecule has 1 aliphatic rings. The minimum absolute atomic E-state index is 0.107. The van der Waals surface area contributed by atoms with Crippen molar-refractivity contribution in [2.24, 2.45) is 0 Å². The molecule has 1 amide bonds. The van der Waals surface area contributed by atoms with E-state index in [1.807, 2.05) is 4.90 Å². The van der Waals surface area contributed by atoms with Crippen LogP contribution in [0.4, 0.5) is 0 Å². The average molecular weight is 332 g/mol. The Morgan fingerprint density at radius 1 is 1.43 bits per heavy atom. The van der Waals surface area contributed by atoms with Gasteiger partial charge >= 0.3 is 0 Å². The molecule has 1 aliphatic heterocycles. The van der Waals surface area contributed by atoms with Gasteiger partial charge in [-0.05, 0) is 24.6 Å². The zero-order valence-corrected chi connectivity index (χ0v) is 16.0. The Hall–Kier alpha value is -0.333. The molecule has 0 unspecified atom stereocenters. The summed E-state index contributed by atoms with van der Waals surface area (Å²) < 4.78 is 6.26. The summed E-state index contributed by atoms with van der Waals surface area (Å²) in [7, 11) is -1.77. The minimum Gasteiger partial charge on any atom is -0.415 e. The molecule has 0 spiro atoms. The lowest BCUT2D eigenvalue weighted by Crippen LogP contribution is -2.45. The summed E-state index contributed by atoms with van der Waals surface area (Å²) in [6, 6.07) is 0.180. The van der Waals surface area contributed by atoms with Crippen LogP contribution in [-0.4, -0.2) is 49.2 Å². The van der Waals surface area contributed by atoms with Gasteiger partial charge in [-0.2, -0.15) is 0 Å². The van der Waals surface area contributed by atoms with Gasteiger partial charge < -0.3 is 9.33 Å². The molecule has 0 aromatic carbocycles. The molecule has 1 fully saturated rings. The van der Waals surface area contributed by atoms with Gasteiger partial charge in [0.2, 0.25) is 5.91 Å². The van der Waals surface area contributed by atoms with E-state index in [-0.39, 0.29) is 22.1 Å². The molecular formula is C15H29NO3SSi. The summed E-state index contributed by atoms with van der Waals surface area (Å²) >= 11 is 1.29. The molecule has 4 nitrogen and oxygen atoms in total. The topological polar surface area (TPSA) is 46.6 Å². The molecule has 0 aliphatic carbocycles. The summed E-state index contributed by atoms with van der Waals surface area (Å²) in [6.07, 6.45) is 1.48. The Kier molecular flexibility index (Phi) is 6.49. The van der Waals surface area contributed by atoms with E-state index >= 15 is 0 Å². The molecule has 0 radical (unpaired) electrons. The van der Waals surface area contributed by atoms with Gasteiger partial charge in [0.15, 0.2) is 13.4 Å². The van der Waals surface area contributed by atoms with Crippen LogP contribution in [0.3, 0.4) is 0 Å². The van der Waals surface area contributed by atoms with Crippen molar-refractivity contribution in [2.75, 3.05) is 18.9 Å². The highest BCUT2D eigenvalue weighted by atomic mass is 32.2. The fourth-order valence-corrected chi connectivity index (χ4v) is 3.70.